The Balaban J connectivity index is 1.38. The Morgan fingerprint density at radius 3 is 1.56 bits per heavy atom. The number of nitriles is 1. The van der Waals surface area contributed by atoms with Gasteiger partial charge in [-0.25, -0.2) is 9.69 Å². The van der Waals surface area contributed by atoms with Crippen molar-refractivity contribution in [2.75, 3.05) is 0 Å². The van der Waals surface area contributed by atoms with E-state index >= 15 is 0 Å². The Labute approximate surface area is 292 Å². The lowest BCUT2D eigenvalue weighted by Gasteiger charge is -2.36. The van der Waals surface area contributed by atoms with Crippen molar-refractivity contribution in [2.45, 2.75) is 0 Å². The molecule has 0 fully saturated rings. The van der Waals surface area contributed by atoms with Gasteiger partial charge in [-0.3, -0.25) is 0 Å². The fourth-order valence-electron chi connectivity index (χ4n) is 7.41. The Morgan fingerprint density at radius 1 is 0.520 bits per heavy atom. The maximum Gasteiger partial charge on any atom is 0.188 e. The second-order valence-corrected chi connectivity index (χ2v) is 16.0. The van der Waals surface area contributed by atoms with Gasteiger partial charge in [0, 0.05) is 11.1 Å². The summed E-state index contributed by atoms with van der Waals surface area (Å²) in [6.07, 6.45) is 0. The summed E-state index contributed by atoms with van der Waals surface area (Å²) in [5.41, 5.74) is 6.83. The summed E-state index contributed by atoms with van der Waals surface area (Å²) in [6, 6.07) is 60.8. The van der Waals surface area contributed by atoms with Crippen LogP contribution in [0.5, 0.6) is 0 Å². The summed E-state index contributed by atoms with van der Waals surface area (Å²) < 4.78 is 2.20. The molecule has 0 atom stereocenters. The molecule has 0 saturated carbocycles. The van der Waals surface area contributed by atoms with Gasteiger partial charge in [-0.1, -0.05) is 127 Å². The summed E-state index contributed by atoms with van der Waals surface area (Å²) in [5.74, 6) is 0. The first-order valence-corrected chi connectivity index (χ1v) is 18.3. The van der Waals surface area contributed by atoms with Crippen molar-refractivity contribution in [2.24, 2.45) is 0 Å². The molecule has 1 aromatic heterocycles. The summed E-state index contributed by atoms with van der Waals surface area (Å²) in [7, 11) is -2.93. The smallest absolute Gasteiger partial charge is 0.188 e. The van der Waals surface area contributed by atoms with Crippen LogP contribution in [-0.2, 0) is 0 Å². The van der Waals surface area contributed by atoms with Crippen molar-refractivity contribution in [3.8, 4) is 22.9 Å². The Hall–Kier alpha value is -6.97. The molecule has 0 aliphatic heterocycles. The maximum absolute atomic E-state index is 9.64. The third-order valence-corrected chi connectivity index (χ3v) is 14.4. The van der Waals surface area contributed by atoms with Gasteiger partial charge in [-0.15, -0.1) is 0 Å². The van der Waals surface area contributed by atoms with E-state index in [2.05, 4.69) is 148 Å². The zero-order chi connectivity index (χ0) is 34.1. The zero-order valence-corrected chi connectivity index (χ0v) is 28.0. The average Bonchev–Trinajstić information content (AvgIpc) is 3.52. The van der Waals surface area contributed by atoms with Gasteiger partial charge in [0.1, 0.15) is 0 Å². The van der Waals surface area contributed by atoms with E-state index in [1.807, 2.05) is 42.5 Å². The van der Waals surface area contributed by atoms with Crippen LogP contribution < -0.4 is 20.7 Å². The molecule has 0 saturated heterocycles. The molecule has 8 rings (SSSR count). The van der Waals surface area contributed by atoms with Crippen molar-refractivity contribution in [3.05, 3.63) is 198 Å². The van der Waals surface area contributed by atoms with Crippen molar-refractivity contribution >= 4 is 62.0 Å². The van der Waals surface area contributed by atoms with Gasteiger partial charge >= 0.3 is 0 Å². The highest BCUT2D eigenvalue weighted by Crippen LogP contribution is 2.36. The molecule has 0 radical (unpaired) electrons. The standard InChI is InChI=1S/C45H28N4Si/c1-47-34-22-27-44-42(29-34)41-28-32(31-46)18-26-43(41)49(44)36-23-19-33(20-24-36)40-25-21-35(48-2)30-45(40)50(37-12-6-3-7-13-37,38-14-8-4-9-15-38)39-16-10-5-11-17-39/h3-30H. The molecular formula is C45H28N4Si. The van der Waals surface area contributed by atoms with Crippen molar-refractivity contribution < 1.29 is 0 Å². The van der Waals surface area contributed by atoms with Gasteiger partial charge in [0.05, 0.1) is 35.8 Å². The van der Waals surface area contributed by atoms with Gasteiger partial charge in [-0.05, 0) is 79.7 Å². The van der Waals surface area contributed by atoms with Gasteiger partial charge in [-0.2, -0.15) is 5.26 Å². The van der Waals surface area contributed by atoms with Crippen LogP contribution in [0.3, 0.4) is 0 Å². The van der Waals surface area contributed by atoms with Crippen molar-refractivity contribution in [1.29, 1.82) is 5.26 Å². The molecule has 5 heteroatoms. The molecule has 8 aromatic rings. The lowest BCUT2D eigenvalue weighted by atomic mass is 10.0. The summed E-state index contributed by atoms with van der Waals surface area (Å²) in [6.45, 7) is 15.6. The van der Waals surface area contributed by atoms with Crippen molar-refractivity contribution in [3.63, 3.8) is 0 Å². The molecule has 4 nitrogen and oxygen atoms in total. The van der Waals surface area contributed by atoms with Crippen LogP contribution in [0.4, 0.5) is 11.4 Å². The average molecular weight is 653 g/mol. The highest BCUT2D eigenvalue weighted by molar-refractivity contribution is 7.20. The number of fused-ring (bicyclic) bond motifs is 3. The number of nitrogens with zero attached hydrogens (tertiary/aromatic N) is 4. The minimum Gasteiger partial charge on any atom is -0.309 e. The first-order chi connectivity index (χ1) is 24.6. The van der Waals surface area contributed by atoms with Crippen LogP contribution in [0.15, 0.2) is 170 Å². The highest BCUT2D eigenvalue weighted by atomic mass is 28.3. The van der Waals surface area contributed by atoms with Gasteiger partial charge < -0.3 is 4.57 Å². The normalized spacial score (nSPS) is 11.1. The van der Waals surface area contributed by atoms with E-state index in [0.717, 1.165) is 43.8 Å². The summed E-state index contributed by atoms with van der Waals surface area (Å²) >= 11 is 0. The van der Waals surface area contributed by atoms with Crippen LogP contribution in [-0.4, -0.2) is 12.6 Å². The quantitative estimate of drug-likeness (QED) is 0.101. The Bertz CT molecular complexity index is 2490. The van der Waals surface area contributed by atoms with E-state index in [4.69, 9.17) is 13.1 Å². The third-order valence-electron chi connectivity index (χ3n) is 9.60. The Morgan fingerprint density at radius 2 is 1.02 bits per heavy atom. The van der Waals surface area contributed by atoms with E-state index in [0.29, 0.717) is 16.9 Å². The lowest BCUT2D eigenvalue weighted by molar-refractivity contribution is 1.18. The molecule has 0 aliphatic carbocycles. The first-order valence-electron chi connectivity index (χ1n) is 16.3. The lowest BCUT2D eigenvalue weighted by Crippen LogP contribution is -2.75. The second kappa shape index (κ2) is 12.6. The minimum absolute atomic E-state index is 0.563. The molecular weight excluding hydrogens is 625 g/mol. The monoisotopic (exact) mass is 652 g/mol. The first kappa shape index (κ1) is 30.4. The van der Waals surface area contributed by atoms with E-state index in [1.165, 1.54) is 15.6 Å². The minimum atomic E-state index is -2.93. The third kappa shape index (κ3) is 4.88. The van der Waals surface area contributed by atoms with Crippen LogP contribution >= 0.6 is 0 Å². The van der Waals surface area contributed by atoms with Crippen molar-refractivity contribution in [1.82, 2.24) is 4.57 Å². The van der Waals surface area contributed by atoms with Crippen LogP contribution in [0.25, 0.3) is 48.3 Å². The Kier molecular flexibility index (Phi) is 7.63. The van der Waals surface area contributed by atoms with Crippen LogP contribution in [0.2, 0.25) is 0 Å². The molecule has 0 spiro atoms. The van der Waals surface area contributed by atoms with Crippen LogP contribution in [0, 0.1) is 24.5 Å². The molecule has 0 bridgehead atoms. The van der Waals surface area contributed by atoms with Gasteiger partial charge in [0.2, 0.25) is 0 Å². The summed E-state index contributed by atoms with van der Waals surface area (Å²) in [5, 5.41) is 16.4. The number of aromatic nitrogens is 1. The van der Waals surface area contributed by atoms with E-state index < -0.39 is 8.07 Å². The molecule has 7 aromatic carbocycles. The van der Waals surface area contributed by atoms with Gasteiger partial charge in [0.15, 0.2) is 19.4 Å². The predicted molar refractivity (Wildman–Crippen MR) is 207 cm³/mol. The fraction of sp³-hybridized carbons (Fsp3) is 0. The second-order valence-electron chi connectivity index (χ2n) is 12.2. The summed E-state index contributed by atoms with van der Waals surface area (Å²) in [4.78, 5) is 7.59. The molecule has 1 heterocycles. The molecule has 232 valence electrons. The topological polar surface area (TPSA) is 37.4 Å². The van der Waals surface area contributed by atoms with Gasteiger partial charge in [0.25, 0.3) is 0 Å². The number of hydrogen-bond acceptors (Lipinski definition) is 1. The number of hydrogen-bond donors (Lipinski definition) is 0. The SMILES string of the molecule is [C-]#[N+]c1ccc(-c2ccc(-n3c4ccc(C#N)cc4c4cc([N+]#[C-])ccc43)cc2)c([Si](c2ccccc2)(c2ccccc2)c2ccccc2)c1. The molecule has 0 N–H and O–H groups in total. The number of benzene rings is 7. The molecule has 0 aliphatic rings. The van der Waals surface area contributed by atoms with Crippen LogP contribution in [0.1, 0.15) is 5.56 Å². The van der Waals surface area contributed by atoms with E-state index in [-0.39, 0.29) is 0 Å². The predicted octanol–water partition coefficient (Wildman–Crippen LogP) is 8.80. The fourth-order valence-corrected chi connectivity index (χ4v) is 12.4. The van der Waals surface area contributed by atoms with E-state index in [9.17, 15) is 5.26 Å². The largest absolute Gasteiger partial charge is 0.309 e. The maximum atomic E-state index is 9.64. The van der Waals surface area contributed by atoms with E-state index in [1.54, 1.807) is 0 Å². The highest BCUT2D eigenvalue weighted by Gasteiger charge is 2.43. The molecule has 0 unspecified atom stereocenters. The molecule has 50 heavy (non-hydrogen) atoms. The number of rotatable bonds is 6. The molecule has 0 amide bonds. The zero-order valence-electron chi connectivity index (χ0n) is 27.0.